The molecule has 0 spiro atoms. The van der Waals surface area contributed by atoms with E-state index in [4.69, 9.17) is 0 Å². The van der Waals surface area contributed by atoms with Crippen molar-refractivity contribution in [1.29, 1.82) is 0 Å². The molecule has 5 heteroatoms. The predicted molar refractivity (Wildman–Crippen MR) is 76.5 cm³/mol. The molecule has 1 saturated heterocycles. The van der Waals surface area contributed by atoms with Gasteiger partial charge in [0.2, 0.25) is 0 Å². The number of benzene rings is 1. The van der Waals surface area contributed by atoms with Gasteiger partial charge < -0.3 is 5.32 Å². The Morgan fingerprint density at radius 3 is 2.83 bits per heavy atom. The van der Waals surface area contributed by atoms with Crippen molar-refractivity contribution in [1.82, 2.24) is 5.32 Å². The molecule has 0 saturated carbocycles. The first-order chi connectivity index (χ1) is 8.48. The largest absolute Gasteiger partial charge is 0.316 e. The van der Waals surface area contributed by atoms with E-state index in [2.05, 4.69) is 21.2 Å². The molecule has 1 N–H and O–H groups in total. The molecule has 0 aromatic heterocycles. The van der Waals surface area contributed by atoms with Gasteiger partial charge in [0.25, 0.3) is 0 Å². The number of rotatable bonds is 3. The molecule has 1 aromatic carbocycles. The van der Waals surface area contributed by atoms with E-state index in [-0.39, 0.29) is 0 Å². The van der Waals surface area contributed by atoms with Crippen LogP contribution in [0.4, 0.5) is 0 Å². The molecule has 100 valence electrons. The van der Waals surface area contributed by atoms with Crippen LogP contribution in [0, 0.1) is 5.92 Å². The fourth-order valence-electron chi connectivity index (χ4n) is 2.47. The number of hydrogen-bond acceptors (Lipinski definition) is 3. The van der Waals surface area contributed by atoms with Crippen LogP contribution in [-0.2, 0) is 16.3 Å². The lowest BCUT2D eigenvalue weighted by atomic mass is 9.92. The second kappa shape index (κ2) is 5.72. The predicted octanol–water partition coefficient (Wildman–Crippen LogP) is 2.39. The van der Waals surface area contributed by atoms with Crippen molar-refractivity contribution in [3.8, 4) is 0 Å². The molecule has 1 atom stereocenters. The maximum absolute atomic E-state index is 11.8. The number of sulfone groups is 1. The average molecular weight is 332 g/mol. The summed E-state index contributed by atoms with van der Waals surface area (Å²) in [7, 11) is -3.16. The lowest BCUT2D eigenvalue weighted by molar-refractivity contribution is 0.374. The standard InChI is InChI=1S/C13H18BrNO2S/c1-18(16,17)13-6-2-5-12(14)11(13)8-10-4-3-7-15-9-10/h2,5-6,10,15H,3-4,7-9H2,1H3. The van der Waals surface area contributed by atoms with Crippen molar-refractivity contribution in [2.75, 3.05) is 19.3 Å². The maximum Gasteiger partial charge on any atom is 0.175 e. The van der Waals surface area contributed by atoms with E-state index in [1.54, 1.807) is 12.1 Å². The normalized spacial score (nSPS) is 20.9. The molecule has 2 rings (SSSR count). The molecular formula is C13H18BrNO2S. The fraction of sp³-hybridized carbons (Fsp3) is 0.538. The van der Waals surface area contributed by atoms with Gasteiger partial charge in [-0.25, -0.2) is 8.42 Å². The van der Waals surface area contributed by atoms with Gasteiger partial charge in [0.05, 0.1) is 4.90 Å². The van der Waals surface area contributed by atoms with Gasteiger partial charge >= 0.3 is 0 Å². The van der Waals surface area contributed by atoms with Crippen molar-refractivity contribution in [3.05, 3.63) is 28.2 Å². The van der Waals surface area contributed by atoms with Crippen molar-refractivity contribution < 1.29 is 8.42 Å². The minimum absolute atomic E-state index is 0.461. The van der Waals surface area contributed by atoms with Crippen molar-refractivity contribution >= 4 is 25.8 Å². The highest BCUT2D eigenvalue weighted by Crippen LogP contribution is 2.28. The first-order valence-corrected chi connectivity index (χ1v) is 8.85. The first-order valence-electron chi connectivity index (χ1n) is 6.16. The maximum atomic E-state index is 11.8. The van der Waals surface area contributed by atoms with Crippen molar-refractivity contribution in [2.24, 2.45) is 5.92 Å². The summed E-state index contributed by atoms with van der Waals surface area (Å²) in [6.45, 7) is 2.05. The molecule has 0 amide bonds. The smallest absolute Gasteiger partial charge is 0.175 e. The molecule has 1 unspecified atom stereocenters. The van der Waals surface area contributed by atoms with E-state index in [9.17, 15) is 8.42 Å². The van der Waals surface area contributed by atoms with E-state index >= 15 is 0 Å². The Kier molecular flexibility index (Phi) is 4.45. The van der Waals surface area contributed by atoms with Crippen LogP contribution < -0.4 is 5.32 Å². The molecule has 1 aromatic rings. The monoisotopic (exact) mass is 331 g/mol. The molecule has 3 nitrogen and oxygen atoms in total. The molecule has 1 aliphatic rings. The summed E-state index contributed by atoms with van der Waals surface area (Å²) in [5.74, 6) is 0.526. The van der Waals surface area contributed by atoms with E-state index in [0.29, 0.717) is 10.8 Å². The van der Waals surface area contributed by atoms with Crippen LogP contribution in [-0.4, -0.2) is 27.8 Å². The van der Waals surface area contributed by atoms with E-state index in [1.807, 2.05) is 6.07 Å². The minimum Gasteiger partial charge on any atom is -0.316 e. The Bertz CT molecular complexity index is 522. The van der Waals surface area contributed by atoms with Crippen molar-refractivity contribution in [3.63, 3.8) is 0 Å². The molecule has 1 heterocycles. The summed E-state index contributed by atoms with van der Waals surface area (Å²) in [5.41, 5.74) is 0.925. The zero-order valence-electron chi connectivity index (χ0n) is 10.4. The molecule has 0 radical (unpaired) electrons. The highest BCUT2D eigenvalue weighted by molar-refractivity contribution is 9.10. The molecule has 0 bridgehead atoms. The fourth-order valence-corrected chi connectivity index (χ4v) is 4.10. The second-order valence-electron chi connectivity index (χ2n) is 4.91. The summed E-state index contributed by atoms with van der Waals surface area (Å²) < 4.78 is 24.5. The van der Waals surface area contributed by atoms with Gasteiger partial charge in [0.15, 0.2) is 9.84 Å². The summed E-state index contributed by atoms with van der Waals surface area (Å²) in [6, 6.07) is 5.40. The van der Waals surface area contributed by atoms with Gasteiger partial charge in [0, 0.05) is 10.7 Å². The van der Waals surface area contributed by atoms with Crippen LogP contribution in [0.2, 0.25) is 0 Å². The van der Waals surface area contributed by atoms with Gasteiger partial charge in [-0.2, -0.15) is 0 Å². The van der Waals surface area contributed by atoms with Gasteiger partial charge in [0.1, 0.15) is 0 Å². The summed E-state index contributed by atoms with van der Waals surface area (Å²) >= 11 is 3.48. The van der Waals surface area contributed by atoms with E-state index < -0.39 is 9.84 Å². The van der Waals surface area contributed by atoms with Gasteiger partial charge in [-0.15, -0.1) is 0 Å². The Morgan fingerprint density at radius 2 is 2.22 bits per heavy atom. The molecule has 1 aliphatic heterocycles. The van der Waals surface area contributed by atoms with Crippen LogP contribution in [0.15, 0.2) is 27.6 Å². The van der Waals surface area contributed by atoms with Crippen LogP contribution in [0.3, 0.4) is 0 Å². The number of piperidine rings is 1. The third kappa shape index (κ3) is 3.33. The molecule has 1 fully saturated rings. The second-order valence-corrected chi connectivity index (χ2v) is 7.74. The number of halogens is 1. The quantitative estimate of drug-likeness (QED) is 0.925. The van der Waals surface area contributed by atoms with E-state index in [1.165, 1.54) is 12.7 Å². The zero-order valence-corrected chi connectivity index (χ0v) is 12.9. The van der Waals surface area contributed by atoms with Gasteiger partial charge in [-0.1, -0.05) is 22.0 Å². The Hall–Kier alpha value is -0.390. The number of hydrogen-bond donors (Lipinski definition) is 1. The molecular weight excluding hydrogens is 314 g/mol. The highest BCUT2D eigenvalue weighted by atomic mass is 79.9. The first kappa shape index (κ1) is 14.0. The topological polar surface area (TPSA) is 46.2 Å². The van der Waals surface area contributed by atoms with Crippen molar-refractivity contribution in [2.45, 2.75) is 24.2 Å². The molecule has 0 aliphatic carbocycles. The summed E-state index contributed by atoms with van der Waals surface area (Å²) in [4.78, 5) is 0.461. The lowest BCUT2D eigenvalue weighted by Crippen LogP contribution is -2.31. The van der Waals surface area contributed by atoms with Gasteiger partial charge in [-0.05, 0) is 56.0 Å². The Balaban J connectivity index is 2.31. The average Bonchev–Trinajstić information content (AvgIpc) is 2.32. The van der Waals surface area contributed by atoms with E-state index in [0.717, 1.165) is 36.0 Å². The Labute approximate surface area is 117 Å². The minimum atomic E-state index is -3.16. The van der Waals surface area contributed by atoms with Crippen LogP contribution in [0.1, 0.15) is 18.4 Å². The number of nitrogens with one attached hydrogen (secondary N) is 1. The zero-order chi connectivity index (χ0) is 13.2. The lowest BCUT2D eigenvalue weighted by Gasteiger charge is -2.24. The highest BCUT2D eigenvalue weighted by Gasteiger charge is 2.20. The Morgan fingerprint density at radius 1 is 1.44 bits per heavy atom. The van der Waals surface area contributed by atoms with Gasteiger partial charge in [-0.3, -0.25) is 0 Å². The summed E-state index contributed by atoms with van der Waals surface area (Å²) in [6.07, 6.45) is 4.43. The third-order valence-corrected chi connectivity index (χ3v) is 5.29. The molecule has 18 heavy (non-hydrogen) atoms. The third-order valence-electron chi connectivity index (χ3n) is 3.37. The van der Waals surface area contributed by atoms with Crippen LogP contribution >= 0.6 is 15.9 Å². The van der Waals surface area contributed by atoms with Crippen LogP contribution in [0.25, 0.3) is 0 Å². The summed E-state index contributed by atoms with van der Waals surface area (Å²) in [5, 5.41) is 3.37. The SMILES string of the molecule is CS(=O)(=O)c1cccc(Br)c1CC1CCCNC1. The van der Waals surface area contributed by atoms with Crippen LogP contribution in [0.5, 0.6) is 0 Å².